The lowest BCUT2D eigenvalue weighted by atomic mass is 9.86. The summed E-state index contributed by atoms with van der Waals surface area (Å²) in [6, 6.07) is 17.2. The van der Waals surface area contributed by atoms with E-state index in [1.807, 2.05) is 23.1 Å². The minimum Gasteiger partial charge on any atom is -0.479 e. The molecule has 5 rings (SSSR count). The van der Waals surface area contributed by atoms with E-state index in [4.69, 9.17) is 4.74 Å². The quantitative estimate of drug-likeness (QED) is 0.576. The highest BCUT2D eigenvalue weighted by molar-refractivity contribution is 7.91. The van der Waals surface area contributed by atoms with Gasteiger partial charge in [-0.3, -0.25) is 4.79 Å². The third kappa shape index (κ3) is 3.46. The van der Waals surface area contributed by atoms with Crippen LogP contribution in [0.15, 0.2) is 59.5 Å². The van der Waals surface area contributed by atoms with Crippen molar-refractivity contribution in [2.45, 2.75) is 44.1 Å². The minimum atomic E-state index is -3.31. The number of hydrogen-bond acceptors (Lipinski definition) is 4. The molecule has 6 nitrogen and oxygen atoms in total. The van der Waals surface area contributed by atoms with Crippen molar-refractivity contribution in [3.63, 3.8) is 0 Å². The Morgan fingerprint density at radius 3 is 2.45 bits per heavy atom. The Bertz CT molecular complexity index is 1350. The highest BCUT2D eigenvalue weighted by Gasteiger charge is 2.45. The molecular formula is C26H28N2O4S. The Morgan fingerprint density at radius 1 is 1.03 bits per heavy atom. The van der Waals surface area contributed by atoms with Gasteiger partial charge in [0.2, 0.25) is 0 Å². The zero-order chi connectivity index (χ0) is 23.4. The van der Waals surface area contributed by atoms with Gasteiger partial charge in [0.1, 0.15) is 5.75 Å². The van der Waals surface area contributed by atoms with Gasteiger partial charge in [0.25, 0.3) is 5.91 Å². The molecule has 3 aromatic rings. The number of sulfone groups is 1. The Hall–Kier alpha value is -3.06. The van der Waals surface area contributed by atoms with E-state index >= 15 is 0 Å². The van der Waals surface area contributed by atoms with Gasteiger partial charge >= 0.3 is 0 Å². The standard InChI is InChI=1S/C26H28N2O4S/c1-4-33(30,31)23-11-10-20(17-18(23)2)25(29)27-15-13-26(14-16-27)24-12-9-19(3)28(24)21-7-5-6-8-22(21)32-26/h5-12,17H,4,13-16H2,1-3H3. The number of amides is 1. The zero-order valence-corrected chi connectivity index (χ0v) is 20.0. The summed E-state index contributed by atoms with van der Waals surface area (Å²) in [6.45, 7) is 6.61. The summed E-state index contributed by atoms with van der Waals surface area (Å²) in [5.74, 6) is 0.836. The topological polar surface area (TPSA) is 68.6 Å². The number of para-hydroxylation sites is 2. The molecule has 7 heteroatoms. The first-order valence-corrected chi connectivity index (χ1v) is 13.0. The predicted octanol–water partition coefficient (Wildman–Crippen LogP) is 4.41. The molecule has 1 amide bonds. The number of ether oxygens (including phenoxy) is 1. The number of fused-ring (bicyclic) bond motifs is 4. The number of rotatable bonds is 3. The van der Waals surface area contributed by atoms with E-state index in [0.717, 1.165) is 22.8 Å². The van der Waals surface area contributed by atoms with Crippen LogP contribution >= 0.6 is 0 Å². The van der Waals surface area contributed by atoms with Gasteiger partial charge in [-0.25, -0.2) is 8.42 Å². The van der Waals surface area contributed by atoms with Gasteiger partial charge in [-0.05, 0) is 61.9 Å². The third-order valence-electron chi connectivity index (χ3n) is 6.95. The number of carbonyl (C=O) groups is 1. The predicted molar refractivity (Wildman–Crippen MR) is 127 cm³/mol. The molecule has 33 heavy (non-hydrogen) atoms. The molecule has 0 aliphatic carbocycles. The smallest absolute Gasteiger partial charge is 0.253 e. The lowest BCUT2D eigenvalue weighted by Crippen LogP contribution is -2.50. The van der Waals surface area contributed by atoms with Gasteiger partial charge < -0.3 is 14.2 Å². The fraction of sp³-hybridized carbons (Fsp3) is 0.346. The van der Waals surface area contributed by atoms with Gasteiger partial charge in [0.05, 0.1) is 22.0 Å². The molecule has 0 N–H and O–H groups in total. The maximum Gasteiger partial charge on any atom is 0.253 e. The summed E-state index contributed by atoms with van der Waals surface area (Å²) in [6.07, 6.45) is 1.38. The fourth-order valence-electron chi connectivity index (χ4n) is 5.10. The lowest BCUT2D eigenvalue weighted by molar-refractivity contribution is -0.00946. The monoisotopic (exact) mass is 464 g/mol. The molecule has 172 valence electrons. The van der Waals surface area contributed by atoms with Gasteiger partial charge in [0.15, 0.2) is 15.4 Å². The first-order valence-electron chi connectivity index (χ1n) is 11.4. The van der Waals surface area contributed by atoms with E-state index in [9.17, 15) is 13.2 Å². The highest BCUT2D eigenvalue weighted by atomic mass is 32.2. The number of likely N-dealkylation sites (tertiary alicyclic amines) is 1. The number of aryl methyl sites for hydroxylation is 2. The highest BCUT2D eigenvalue weighted by Crippen LogP contribution is 2.45. The van der Waals surface area contributed by atoms with Crippen LogP contribution in [0, 0.1) is 13.8 Å². The van der Waals surface area contributed by atoms with Gasteiger partial charge in [-0.1, -0.05) is 19.1 Å². The van der Waals surface area contributed by atoms with Crippen LogP contribution in [0.25, 0.3) is 5.69 Å². The molecule has 0 saturated carbocycles. The molecular weight excluding hydrogens is 436 g/mol. The summed E-state index contributed by atoms with van der Waals surface area (Å²) >= 11 is 0. The summed E-state index contributed by atoms with van der Waals surface area (Å²) in [7, 11) is -3.31. The summed E-state index contributed by atoms with van der Waals surface area (Å²) in [4.78, 5) is 15.4. The van der Waals surface area contributed by atoms with E-state index in [1.165, 1.54) is 0 Å². The number of hydrogen-bond donors (Lipinski definition) is 0. The molecule has 2 aliphatic rings. The van der Waals surface area contributed by atoms with Crippen LogP contribution < -0.4 is 4.74 Å². The van der Waals surface area contributed by atoms with Crippen molar-refractivity contribution in [2.75, 3.05) is 18.8 Å². The Morgan fingerprint density at radius 2 is 1.76 bits per heavy atom. The number of aromatic nitrogens is 1. The van der Waals surface area contributed by atoms with Crippen LogP contribution in [0.3, 0.4) is 0 Å². The number of piperidine rings is 1. The Kier molecular flexibility index (Phi) is 5.12. The van der Waals surface area contributed by atoms with Crippen LogP contribution in [-0.2, 0) is 15.4 Å². The number of carbonyl (C=O) groups excluding carboxylic acids is 1. The second-order valence-electron chi connectivity index (χ2n) is 8.94. The first-order chi connectivity index (χ1) is 15.8. The normalized spacial score (nSPS) is 16.8. The second-order valence-corrected chi connectivity index (χ2v) is 11.2. The van der Waals surface area contributed by atoms with Gasteiger partial charge in [-0.2, -0.15) is 0 Å². The molecule has 2 aliphatic heterocycles. The molecule has 1 fully saturated rings. The van der Waals surface area contributed by atoms with Crippen molar-refractivity contribution >= 4 is 15.7 Å². The lowest BCUT2D eigenvalue weighted by Gasteiger charge is -2.45. The average Bonchev–Trinajstić information content (AvgIpc) is 3.22. The van der Waals surface area contributed by atoms with Crippen molar-refractivity contribution in [3.8, 4) is 11.4 Å². The number of benzene rings is 2. The van der Waals surface area contributed by atoms with Crippen molar-refractivity contribution in [1.82, 2.24) is 9.47 Å². The van der Waals surface area contributed by atoms with Crippen LogP contribution in [-0.4, -0.2) is 42.6 Å². The average molecular weight is 465 g/mol. The number of nitrogens with zero attached hydrogens (tertiary/aromatic N) is 2. The first kappa shape index (κ1) is 21.8. The van der Waals surface area contributed by atoms with Crippen LogP contribution in [0.4, 0.5) is 0 Å². The maximum absolute atomic E-state index is 13.2. The zero-order valence-electron chi connectivity index (χ0n) is 19.2. The van der Waals surface area contributed by atoms with Gasteiger partial charge in [0, 0.05) is 37.2 Å². The largest absolute Gasteiger partial charge is 0.479 e. The second kappa shape index (κ2) is 7.76. The third-order valence-corrected chi connectivity index (χ3v) is 8.84. The van der Waals surface area contributed by atoms with Crippen molar-refractivity contribution < 1.29 is 17.9 Å². The molecule has 1 aromatic heterocycles. The summed E-state index contributed by atoms with van der Waals surface area (Å²) in [5.41, 5.74) is 4.02. The molecule has 1 spiro atoms. The van der Waals surface area contributed by atoms with E-state index in [0.29, 0.717) is 42.0 Å². The molecule has 0 unspecified atom stereocenters. The van der Waals surface area contributed by atoms with Crippen molar-refractivity contribution in [1.29, 1.82) is 0 Å². The van der Waals surface area contributed by atoms with Gasteiger partial charge in [-0.15, -0.1) is 0 Å². The maximum atomic E-state index is 13.2. The minimum absolute atomic E-state index is 0.0413. The van der Waals surface area contributed by atoms with E-state index in [-0.39, 0.29) is 11.7 Å². The van der Waals surface area contributed by atoms with E-state index in [2.05, 4.69) is 29.7 Å². The molecule has 2 aromatic carbocycles. The van der Waals surface area contributed by atoms with Crippen LogP contribution in [0.1, 0.15) is 47.1 Å². The molecule has 3 heterocycles. The fourth-order valence-corrected chi connectivity index (χ4v) is 6.24. The van der Waals surface area contributed by atoms with Crippen LogP contribution in [0.5, 0.6) is 5.75 Å². The molecule has 0 atom stereocenters. The van der Waals surface area contributed by atoms with Crippen molar-refractivity contribution in [2.24, 2.45) is 0 Å². The Labute approximate surface area is 194 Å². The Balaban J connectivity index is 1.39. The van der Waals surface area contributed by atoms with E-state index < -0.39 is 15.4 Å². The van der Waals surface area contributed by atoms with Crippen LogP contribution in [0.2, 0.25) is 0 Å². The summed E-state index contributed by atoms with van der Waals surface area (Å²) in [5, 5.41) is 0. The summed E-state index contributed by atoms with van der Waals surface area (Å²) < 4.78 is 33.4. The molecule has 0 radical (unpaired) electrons. The molecule has 0 bridgehead atoms. The SMILES string of the molecule is CCS(=O)(=O)c1ccc(C(=O)N2CCC3(CC2)Oc2ccccc2-n2c(C)ccc23)cc1C. The van der Waals surface area contributed by atoms with Crippen molar-refractivity contribution in [3.05, 3.63) is 77.1 Å². The van der Waals surface area contributed by atoms with E-state index in [1.54, 1.807) is 32.0 Å². The molecule has 1 saturated heterocycles.